The van der Waals surface area contributed by atoms with E-state index in [0.717, 1.165) is 4.52 Å². The zero-order valence-corrected chi connectivity index (χ0v) is 16.1. The molecule has 0 atom stereocenters. The van der Waals surface area contributed by atoms with Crippen LogP contribution in [-0.2, 0) is 0 Å². The minimum absolute atomic E-state index is 0.0977. The van der Waals surface area contributed by atoms with E-state index in [2.05, 4.69) is 25.3 Å². The summed E-state index contributed by atoms with van der Waals surface area (Å²) >= 11 is 0. The van der Waals surface area contributed by atoms with Crippen LogP contribution in [0.3, 0.4) is 0 Å². The molecular formula is C21H14F2N6O2. The molecule has 0 bridgehead atoms. The average Bonchev–Trinajstić information content (AvgIpc) is 3.46. The van der Waals surface area contributed by atoms with Crippen molar-refractivity contribution in [2.24, 2.45) is 0 Å². The van der Waals surface area contributed by atoms with E-state index in [9.17, 15) is 8.78 Å². The molecule has 0 aliphatic rings. The van der Waals surface area contributed by atoms with Gasteiger partial charge in [-0.05, 0) is 30.3 Å². The fraction of sp³-hybridized carbons (Fsp3) is 0.0952. The maximum Gasteiger partial charge on any atom is 0.280 e. The van der Waals surface area contributed by atoms with Crippen molar-refractivity contribution in [1.29, 1.82) is 0 Å². The first-order valence-corrected chi connectivity index (χ1v) is 9.21. The number of ether oxygens (including phenoxy) is 1. The largest absolute Gasteiger partial charge is 0.496 e. The third-order valence-corrected chi connectivity index (χ3v) is 4.65. The lowest BCUT2D eigenvalue weighted by atomic mass is 10.1. The third kappa shape index (κ3) is 3.27. The Morgan fingerprint density at radius 1 is 0.968 bits per heavy atom. The average molecular weight is 420 g/mol. The fourth-order valence-corrected chi connectivity index (χ4v) is 3.21. The van der Waals surface area contributed by atoms with Crippen LogP contribution in [0.15, 0.2) is 65.3 Å². The normalized spacial score (nSPS) is 11.4. The summed E-state index contributed by atoms with van der Waals surface area (Å²) < 4.78 is 39.8. The predicted molar refractivity (Wildman–Crippen MR) is 106 cm³/mol. The smallest absolute Gasteiger partial charge is 0.280 e. The Labute approximate surface area is 174 Å². The first-order valence-electron chi connectivity index (χ1n) is 9.21. The Balaban J connectivity index is 1.69. The van der Waals surface area contributed by atoms with Crippen molar-refractivity contribution < 1.29 is 17.9 Å². The van der Waals surface area contributed by atoms with Crippen molar-refractivity contribution >= 4 is 5.65 Å². The Morgan fingerprint density at radius 2 is 1.77 bits per heavy atom. The summed E-state index contributed by atoms with van der Waals surface area (Å²) in [6.07, 6.45) is 0.193. The predicted octanol–water partition coefficient (Wildman–Crippen LogP) is 4.45. The molecule has 0 amide bonds. The van der Waals surface area contributed by atoms with Gasteiger partial charge in [-0.2, -0.15) is 5.10 Å². The maximum absolute atomic E-state index is 13.8. The van der Waals surface area contributed by atoms with Crippen LogP contribution in [0.4, 0.5) is 8.78 Å². The van der Waals surface area contributed by atoms with E-state index in [4.69, 9.17) is 9.15 Å². The van der Waals surface area contributed by atoms with Gasteiger partial charge >= 0.3 is 0 Å². The molecule has 0 saturated heterocycles. The fourth-order valence-electron chi connectivity index (χ4n) is 3.21. The molecule has 0 unspecified atom stereocenters. The number of rotatable bonds is 5. The van der Waals surface area contributed by atoms with Gasteiger partial charge in [0.05, 0.1) is 19.0 Å². The van der Waals surface area contributed by atoms with Gasteiger partial charge in [0, 0.05) is 11.8 Å². The van der Waals surface area contributed by atoms with Crippen molar-refractivity contribution in [1.82, 2.24) is 29.8 Å². The standard InChI is InChI=1S/C21H14F2N6O2/c1-30-17-8-3-2-6-12(17)15-10-16(18(22)23)29-19(26-15)13(11-25-29)20-27-28-21(31-20)14-7-4-5-9-24-14/h2-11,18H,1H3. The van der Waals surface area contributed by atoms with Crippen molar-refractivity contribution in [3.63, 3.8) is 0 Å². The van der Waals surface area contributed by atoms with Crippen molar-refractivity contribution in [2.45, 2.75) is 6.43 Å². The number of hydrogen-bond acceptors (Lipinski definition) is 7. The number of methoxy groups -OCH3 is 1. The molecule has 5 rings (SSSR count). The lowest BCUT2D eigenvalue weighted by molar-refractivity contribution is 0.143. The summed E-state index contributed by atoms with van der Waals surface area (Å²) in [6.45, 7) is 0. The highest BCUT2D eigenvalue weighted by Crippen LogP contribution is 2.34. The monoisotopic (exact) mass is 420 g/mol. The van der Waals surface area contributed by atoms with Crippen LogP contribution < -0.4 is 4.74 Å². The van der Waals surface area contributed by atoms with Crippen LogP contribution in [0.25, 0.3) is 39.9 Å². The number of halogens is 2. The molecule has 0 fully saturated rings. The van der Waals surface area contributed by atoms with E-state index in [1.54, 1.807) is 48.7 Å². The van der Waals surface area contributed by atoms with Gasteiger partial charge in [-0.3, -0.25) is 4.98 Å². The van der Waals surface area contributed by atoms with Gasteiger partial charge in [-0.1, -0.05) is 18.2 Å². The Kier molecular flexibility index (Phi) is 4.58. The second-order valence-corrected chi connectivity index (χ2v) is 6.49. The molecule has 0 radical (unpaired) electrons. The minimum atomic E-state index is -2.78. The SMILES string of the molecule is COc1ccccc1-c1cc(C(F)F)n2ncc(-c3nnc(-c4ccccn4)o3)c2n1. The number of fused-ring (bicyclic) bond motifs is 1. The molecule has 5 aromatic rings. The Morgan fingerprint density at radius 3 is 2.55 bits per heavy atom. The Bertz CT molecular complexity index is 1370. The second-order valence-electron chi connectivity index (χ2n) is 6.49. The molecule has 0 saturated carbocycles. The van der Waals surface area contributed by atoms with Crippen LogP contribution in [0.5, 0.6) is 5.75 Å². The highest BCUT2D eigenvalue weighted by Gasteiger charge is 2.23. The maximum atomic E-state index is 13.8. The van der Waals surface area contributed by atoms with E-state index in [0.29, 0.717) is 28.3 Å². The first kappa shape index (κ1) is 18.8. The summed E-state index contributed by atoms with van der Waals surface area (Å²) in [5.41, 5.74) is 1.55. The van der Waals surface area contributed by atoms with E-state index in [1.807, 2.05) is 0 Å². The van der Waals surface area contributed by atoms with Gasteiger partial charge in [0.1, 0.15) is 22.7 Å². The van der Waals surface area contributed by atoms with Crippen molar-refractivity contribution in [3.8, 4) is 40.0 Å². The van der Waals surface area contributed by atoms with Gasteiger partial charge in [-0.15, -0.1) is 10.2 Å². The van der Waals surface area contributed by atoms with Crippen LogP contribution >= 0.6 is 0 Å². The zero-order valence-electron chi connectivity index (χ0n) is 16.1. The molecule has 0 N–H and O–H groups in total. The highest BCUT2D eigenvalue weighted by atomic mass is 19.3. The van der Waals surface area contributed by atoms with E-state index < -0.39 is 6.43 Å². The molecule has 4 aromatic heterocycles. The zero-order chi connectivity index (χ0) is 21.4. The van der Waals surface area contributed by atoms with E-state index in [1.165, 1.54) is 19.4 Å². The minimum Gasteiger partial charge on any atom is -0.496 e. The topological polar surface area (TPSA) is 91.2 Å². The number of nitrogens with zero attached hydrogens (tertiary/aromatic N) is 6. The van der Waals surface area contributed by atoms with E-state index in [-0.39, 0.29) is 23.1 Å². The molecule has 8 nitrogen and oxygen atoms in total. The highest BCUT2D eigenvalue weighted by molar-refractivity contribution is 5.76. The Hall–Kier alpha value is -4.21. The first-order chi connectivity index (χ1) is 15.2. The van der Waals surface area contributed by atoms with Gasteiger partial charge in [-0.25, -0.2) is 18.3 Å². The van der Waals surface area contributed by atoms with Gasteiger partial charge in [0.25, 0.3) is 18.2 Å². The number of para-hydroxylation sites is 1. The summed E-state index contributed by atoms with van der Waals surface area (Å²) in [4.78, 5) is 8.73. The molecule has 10 heteroatoms. The lowest BCUT2D eigenvalue weighted by Crippen LogP contribution is -2.03. The van der Waals surface area contributed by atoms with Crippen LogP contribution in [0.2, 0.25) is 0 Å². The molecule has 0 aliphatic heterocycles. The van der Waals surface area contributed by atoms with Gasteiger partial charge < -0.3 is 9.15 Å². The van der Waals surface area contributed by atoms with E-state index >= 15 is 0 Å². The summed E-state index contributed by atoms with van der Waals surface area (Å²) in [5, 5.41) is 12.1. The summed E-state index contributed by atoms with van der Waals surface area (Å²) in [5.74, 6) is 0.807. The summed E-state index contributed by atoms with van der Waals surface area (Å²) in [6, 6.07) is 13.6. The molecular weight excluding hydrogens is 406 g/mol. The molecule has 31 heavy (non-hydrogen) atoms. The number of pyridine rings is 1. The lowest BCUT2D eigenvalue weighted by Gasteiger charge is -2.11. The third-order valence-electron chi connectivity index (χ3n) is 4.65. The quantitative estimate of drug-likeness (QED) is 0.415. The molecule has 4 heterocycles. The second kappa shape index (κ2) is 7.56. The summed E-state index contributed by atoms with van der Waals surface area (Å²) in [7, 11) is 1.51. The number of hydrogen-bond donors (Lipinski definition) is 0. The molecule has 0 spiro atoms. The van der Waals surface area contributed by atoms with Crippen molar-refractivity contribution in [2.75, 3.05) is 7.11 Å². The molecule has 1 aromatic carbocycles. The van der Waals surface area contributed by atoms with Crippen molar-refractivity contribution in [3.05, 3.63) is 66.6 Å². The van der Waals surface area contributed by atoms with Gasteiger partial charge in [0.2, 0.25) is 0 Å². The molecule has 0 aliphatic carbocycles. The molecule has 154 valence electrons. The number of benzene rings is 1. The number of aromatic nitrogens is 6. The van der Waals surface area contributed by atoms with Crippen LogP contribution in [0.1, 0.15) is 12.1 Å². The van der Waals surface area contributed by atoms with Crippen LogP contribution in [0, 0.1) is 0 Å². The number of alkyl halides is 2. The van der Waals surface area contributed by atoms with Crippen LogP contribution in [-0.4, -0.2) is 36.9 Å². The van der Waals surface area contributed by atoms with Gasteiger partial charge in [0.15, 0.2) is 5.65 Å².